The fourth-order valence-electron chi connectivity index (χ4n) is 4.61. The Kier molecular flexibility index (Phi) is 6.28. The molecule has 2 aliphatic rings. The number of aryl methyl sites for hydroxylation is 1. The number of rotatable bonds is 5. The fraction of sp³-hybridized carbons (Fsp3) is 0.417. The van der Waals surface area contributed by atoms with Crippen molar-refractivity contribution < 1.29 is 22.4 Å². The molecule has 1 heterocycles. The summed E-state index contributed by atoms with van der Waals surface area (Å²) in [5.41, 5.74) is -0.771. The van der Waals surface area contributed by atoms with Crippen LogP contribution in [-0.4, -0.2) is 49.2 Å². The van der Waals surface area contributed by atoms with Crippen LogP contribution in [0.4, 0.5) is 10.1 Å². The lowest BCUT2D eigenvalue weighted by Gasteiger charge is -2.47. The molecule has 2 amide bonds. The van der Waals surface area contributed by atoms with Gasteiger partial charge in [0.1, 0.15) is 11.4 Å². The number of halogens is 1. The number of hydrogen-bond acceptors (Lipinski definition) is 4. The zero-order valence-electron chi connectivity index (χ0n) is 18.8. The van der Waals surface area contributed by atoms with Crippen molar-refractivity contribution >= 4 is 27.5 Å². The van der Waals surface area contributed by atoms with Gasteiger partial charge in [-0.25, -0.2) is 12.8 Å². The molecule has 4 rings (SSSR count). The highest BCUT2D eigenvalue weighted by atomic mass is 32.2. The number of carbonyl (C=O) groups excluding carboxylic acids is 2. The summed E-state index contributed by atoms with van der Waals surface area (Å²) < 4.78 is 42.5. The second-order valence-corrected chi connectivity index (χ2v) is 10.9. The third-order valence-corrected chi connectivity index (χ3v) is 8.28. The van der Waals surface area contributed by atoms with Crippen LogP contribution in [0.2, 0.25) is 0 Å². The highest BCUT2D eigenvalue weighted by molar-refractivity contribution is 7.89. The van der Waals surface area contributed by atoms with Crippen LogP contribution in [0.3, 0.4) is 0 Å². The largest absolute Gasteiger partial charge is 0.351 e. The molecule has 1 saturated carbocycles. The molecule has 0 radical (unpaired) electrons. The standard InChI is InChI=1S/C24H28FN3O4S/c1-17-11-13-19(14-12-17)33(31,32)27-15-22(29)28(21-10-6-5-9-20(21)25)24(2,16-27)23(30)26-18-7-3-4-8-18/h5-6,9-14,18H,3-4,7-8,15-16H2,1-2H3,(H,26,30). The predicted molar refractivity (Wildman–Crippen MR) is 123 cm³/mol. The third kappa shape index (κ3) is 4.39. The molecular formula is C24H28FN3O4S. The first-order chi connectivity index (χ1) is 15.6. The number of para-hydroxylation sites is 1. The highest BCUT2D eigenvalue weighted by Crippen LogP contribution is 2.34. The van der Waals surface area contributed by atoms with Gasteiger partial charge in [-0.2, -0.15) is 4.31 Å². The van der Waals surface area contributed by atoms with Crippen LogP contribution in [0.25, 0.3) is 0 Å². The van der Waals surface area contributed by atoms with Gasteiger partial charge in [-0.05, 0) is 51.0 Å². The van der Waals surface area contributed by atoms with Crippen molar-refractivity contribution in [3.8, 4) is 0 Å². The summed E-state index contributed by atoms with van der Waals surface area (Å²) in [7, 11) is -4.05. The van der Waals surface area contributed by atoms with Gasteiger partial charge >= 0.3 is 0 Å². The van der Waals surface area contributed by atoms with Crippen molar-refractivity contribution in [2.24, 2.45) is 0 Å². The van der Waals surface area contributed by atoms with Crippen LogP contribution in [-0.2, 0) is 19.6 Å². The molecule has 1 saturated heterocycles. The van der Waals surface area contributed by atoms with Crippen LogP contribution in [0, 0.1) is 12.7 Å². The average Bonchev–Trinajstić information content (AvgIpc) is 3.28. The lowest BCUT2D eigenvalue weighted by molar-refractivity contribution is -0.133. The van der Waals surface area contributed by atoms with Crippen LogP contribution >= 0.6 is 0 Å². The van der Waals surface area contributed by atoms with Gasteiger partial charge in [0.05, 0.1) is 17.1 Å². The number of sulfonamides is 1. The Labute approximate surface area is 193 Å². The average molecular weight is 474 g/mol. The maximum atomic E-state index is 14.7. The summed E-state index contributed by atoms with van der Waals surface area (Å²) in [6.45, 7) is 2.56. The van der Waals surface area contributed by atoms with Gasteiger partial charge in [-0.3, -0.25) is 14.5 Å². The monoisotopic (exact) mass is 473 g/mol. The molecule has 2 fully saturated rings. The minimum atomic E-state index is -4.05. The van der Waals surface area contributed by atoms with E-state index in [0.29, 0.717) is 0 Å². The molecule has 7 nitrogen and oxygen atoms in total. The summed E-state index contributed by atoms with van der Waals surface area (Å²) in [5.74, 6) is -1.80. The number of anilines is 1. The Balaban J connectivity index is 1.74. The quantitative estimate of drug-likeness (QED) is 0.723. The van der Waals surface area contributed by atoms with E-state index in [-0.39, 0.29) is 23.2 Å². The topological polar surface area (TPSA) is 86.8 Å². The van der Waals surface area contributed by atoms with Crippen molar-refractivity contribution in [3.63, 3.8) is 0 Å². The van der Waals surface area contributed by atoms with Gasteiger partial charge in [0.2, 0.25) is 21.8 Å². The molecule has 2 aromatic carbocycles. The normalized spacial score (nSPS) is 22.5. The van der Waals surface area contributed by atoms with E-state index in [1.165, 1.54) is 37.3 Å². The van der Waals surface area contributed by atoms with Crippen molar-refractivity contribution in [3.05, 3.63) is 59.9 Å². The Hall–Kier alpha value is -2.78. The molecule has 9 heteroatoms. The third-order valence-electron chi connectivity index (χ3n) is 6.47. The molecule has 1 aliphatic heterocycles. The minimum Gasteiger partial charge on any atom is -0.351 e. The van der Waals surface area contributed by atoms with Crippen LogP contribution in [0.1, 0.15) is 38.2 Å². The summed E-state index contributed by atoms with van der Waals surface area (Å²) in [4.78, 5) is 28.0. The molecule has 0 bridgehead atoms. The highest BCUT2D eigenvalue weighted by Gasteiger charge is 2.52. The van der Waals surface area contributed by atoms with E-state index in [9.17, 15) is 22.4 Å². The van der Waals surface area contributed by atoms with E-state index in [0.717, 1.165) is 40.5 Å². The first-order valence-electron chi connectivity index (χ1n) is 11.1. The smallest absolute Gasteiger partial charge is 0.247 e. The van der Waals surface area contributed by atoms with Crippen molar-refractivity contribution in [2.75, 3.05) is 18.0 Å². The Bertz CT molecular complexity index is 1160. The van der Waals surface area contributed by atoms with Gasteiger partial charge in [-0.1, -0.05) is 42.7 Å². The number of benzene rings is 2. The molecular weight excluding hydrogens is 445 g/mol. The zero-order chi connectivity index (χ0) is 23.8. The fourth-order valence-corrected chi connectivity index (χ4v) is 6.09. The first kappa shape index (κ1) is 23.4. The molecule has 1 atom stereocenters. The predicted octanol–water partition coefficient (Wildman–Crippen LogP) is 2.99. The number of carbonyl (C=O) groups is 2. The molecule has 0 spiro atoms. The number of nitrogens with zero attached hydrogens (tertiary/aromatic N) is 2. The summed E-state index contributed by atoms with van der Waals surface area (Å²) in [6, 6.07) is 12.0. The van der Waals surface area contributed by atoms with Crippen molar-refractivity contribution in [2.45, 2.75) is 56.0 Å². The van der Waals surface area contributed by atoms with Gasteiger partial charge in [0, 0.05) is 12.6 Å². The maximum absolute atomic E-state index is 14.7. The van der Waals surface area contributed by atoms with E-state index in [1.54, 1.807) is 18.2 Å². The molecule has 2 aromatic rings. The van der Waals surface area contributed by atoms with Gasteiger partial charge in [0.25, 0.3) is 0 Å². The summed E-state index contributed by atoms with van der Waals surface area (Å²) in [6.07, 6.45) is 3.62. The van der Waals surface area contributed by atoms with Crippen LogP contribution in [0.15, 0.2) is 53.4 Å². The number of nitrogens with one attached hydrogen (secondary N) is 1. The molecule has 1 N–H and O–H groups in total. The minimum absolute atomic E-state index is 0.0405. The number of piperazine rings is 1. The van der Waals surface area contributed by atoms with E-state index in [4.69, 9.17) is 0 Å². The lowest BCUT2D eigenvalue weighted by Crippen LogP contribution is -2.70. The Morgan fingerprint density at radius 3 is 2.36 bits per heavy atom. The van der Waals surface area contributed by atoms with E-state index in [1.807, 2.05) is 6.92 Å². The second kappa shape index (κ2) is 8.87. The Morgan fingerprint density at radius 2 is 1.73 bits per heavy atom. The zero-order valence-corrected chi connectivity index (χ0v) is 19.6. The van der Waals surface area contributed by atoms with Gasteiger partial charge < -0.3 is 5.32 Å². The molecule has 1 unspecified atom stereocenters. The van der Waals surface area contributed by atoms with Crippen molar-refractivity contribution in [1.29, 1.82) is 0 Å². The van der Waals surface area contributed by atoms with E-state index < -0.39 is 39.7 Å². The molecule has 33 heavy (non-hydrogen) atoms. The Morgan fingerprint density at radius 1 is 1.09 bits per heavy atom. The number of amides is 2. The SMILES string of the molecule is Cc1ccc(S(=O)(=O)N2CC(=O)N(c3ccccc3F)C(C)(C(=O)NC3CCCC3)C2)cc1. The van der Waals surface area contributed by atoms with Crippen LogP contribution in [0.5, 0.6) is 0 Å². The summed E-state index contributed by atoms with van der Waals surface area (Å²) in [5, 5.41) is 2.97. The second-order valence-electron chi connectivity index (χ2n) is 9.00. The molecule has 1 aliphatic carbocycles. The van der Waals surface area contributed by atoms with Gasteiger partial charge in [0.15, 0.2) is 0 Å². The van der Waals surface area contributed by atoms with Gasteiger partial charge in [-0.15, -0.1) is 0 Å². The summed E-state index contributed by atoms with van der Waals surface area (Å²) >= 11 is 0. The van der Waals surface area contributed by atoms with E-state index in [2.05, 4.69) is 5.32 Å². The maximum Gasteiger partial charge on any atom is 0.247 e. The van der Waals surface area contributed by atoms with E-state index >= 15 is 0 Å². The van der Waals surface area contributed by atoms with Crippen molar-refractivity contribution in [1.82, 2.24) is 9.62 Å². The number of hydrogen-bond donors (Lipinski definition) is 1. The lowest BCUT2D eigenvalue weighted by atomic mass is 9.94. The molecule has 0 aromatic heterocycles. The molecule has 176 valence electrons. The first-order valence-corrected chi connectivity index (χ1v) is 12.5. The van der Waals surface area contributed by atoms with Crippen LogP contribution < -0.4 is 10.2 Å².